The van der Waals surface area contributed by atoms with Gasteiger partial charge in [-0.3, -0.25) is 0 Å². The first-order chi connectivity index (χ1) is 8.28. The number of hydrogen-bond acceptors (Lipinski definition) is 2. The van der Waals surface area contributed by atoms with Crippen molar-refractivity contribution in [3.8, 4) is 0 Å². The Morgan fingerprint density at radius 2 is 2.35 bits per heavy atom. The lowest BCUT2D eigenvalue weighted by atomic mass is 9.84. The highest BCUT2D eigenvalue weighted by molar-refractivity contribution is 5.04. The monoisotopic (exact) mass is 234 g/mol. The van der Waals surface area contributed by atoms with Crippen LogP contribution in [0.1, 0.15) is 50.8 Å². The molecule has 2 bridgehead atoms. The van der Waals surface area contributed by atoms with Crippen molar-refractivity contribution in [3.63, 3.8) is 0 Å². The molecule has 17 heavy (non-hydrogen) atoms. The fourth-order valence-electron chi connectivity index (χ4n) is 3.95. The average molecular weight is 234 g/mol. The van der Waals surface area contributed by atoms with E-state index in [9.17, 15) is 5.11 Å². The van der Waals surface area contributed by atoms with Gasteiger partial charge in [-0.15, -0.1) is 0 Å². The predicted molar refractivity (Wildman–Crippen MR) is 66.4 cm³/mol. The van der Waals surface area contributed by atoms with E-state index in [2.05, 4.69) is 16.5 Å². The molecule has 4 unspecified atom stereocenters. The zero-order valence-corrected chi connectivity index (χ0v) is 10.5. The van der Waals surface area contributed by atoms with Gasteiger partial charge in [0.2, 0.25) is 0 Å². The number of aryl methyl sites for hydroxylation is 1. The summed E-state index contributed by atoms with van der Waals surface area (Å²) in [5.74, 6) is 2.62. The second kappa shape index (κ2) is 4.45. The number of fused-ring (bicyclic) bond motifs is 2. The molecule has 3 heteroatoms. The lowest BCUT2D eigenvalue weighted by Crippen LogP contribution is -2.16. The Bertz CT molecular complexity index is 387. The molecule has 0 saturated heterocycles. The van der Waals surface area contributed by atoms with E-state index in [0.29, 0.717) is 0 Å². The average Bonchev–Trinajstić information content (AvgIpc) is 3.04. The summed E-state index contributed by atoms with van der Waals surface area (Å²) >= 11 is 0. The van der Waals surface area contributed by atoms with Crippen molar-refractivity contribution >= 4 is 0 Å². The van der Waals surface area contributed by atoms with Gasteiger partial charge in [-0.1, -0.05) is 6.42 Å². The van der Waals surface area contributed by atoms with Crippen LogP contribution in [0.3, 0.4) is 0 Å². The first kappa shape index (κ1) is 11.3. The van der Waals surface area contributed by atoms with Gasteiger partial charge in [0, 0.05) is 6.54 Å². The number of aromatic nitrogens is 2. The van der Waals surface area contributed by atoms with Gasteiger partial charge in [0.1, 0.15) is 0 Å². The molecule has 2 aliphatic rings. The summed E-state index contributed by atoms with van der Waals surface area (Å²) in [6, 6.07) is 0. The quantitative estimate of drug-likeness (QED) is 0.870. The van der Waals surface area contributed by atoms with Crippen LogP contribution in [-0.2, 0) is 6.54 Å². The van der Waals surface area contributed by atoms with Crippen LogP contribution in [0.2, 0.25) is 0 Å². The number of imidazole rings is 1. The first-order valence-corrected chi connectivity index (χ1v) is 6.96. The maximum absolute atomic E-state index is 10.3. The minimum atomic E-state index is -0.318. The minimum Gasteiger partial charge on any atom is -0.387 e. The molecule has 2 fully saturated rings. The molecule has 2 saturated carbocycles. The lowest BCUT2D eigenvalue weighted by molar-refractivity contribution is 0.118. The van der Waals surface area contributed by atoms with Crippen LogP contribution in [0, 0.1) is 17.8 Å². The van der Waals surface area contributed by atoms with Crippen molar-refractivity contribution in [1.82, 2.24) is 9.55 Å². The van der Waals surface area contributed by atoms with Crippen LogP contribution < -0.4 is 0 Å². The normalized spacial score (nSPS) is 33.2. The van der Waals surface area contributed by atoms with E-state index in [-0.39, 0.29) is 6.10 Å². The molecular weight excluding hydrogens is 212 g/mol. The number of rotatable bonds is 4. The second-order valence-electron chi connectivity index (χ2n) is 5.79. The molecule has 0 aromatic carbocycles. The largest absolute Gasteiger partial charge is 0.387 e. The highest BCUT2D eigenvalue weighted by Crippen LogP contribution is 2.50. The van der Waals surface area contributed by atoms with Gasteiger partial charge in [0.15, 0.2) is 0 Å². The summed E-state index contributed by atoms with van der Waals surface area (Å²) in [6.07, 6.45) is 9.86. The van der Waals surface area contributed by atoms with Crippen molar-refractivity contribution in [3.05, 3.63) is 18.2 Å². The van der Waals surface area contributed by atoms with E-state index in [1.807, 2.05) is 12.5 Å². The van der Waals surface area contributed by atoms with E-state index in [0.717, 1.165) is 36.4 Å². The Kier molecular flexibility index (Phi) is 2.95. The van der Waals surface area contributed by atoms with Crippen LogP contribution in [0.5, 0.6) is 0 Å². The Labute approximate surface area is 103 Å². The third kappa shape index (κ3) is 2.01. The number of nitrogens with zero attached hydrogens (tertiary/aromatic N) is 2. The summed E-state index contributed by atoms with van der Waals surface area (Å²) in [5, 5.41) is 10.3. The minimum absolute atomic E-state index is 0.318. The summed E-state index contributed by atoms with van der Waals surface area (Å²) in [5.41, 5.74) is 0.996. The predicted octanol–water partition coefficient (Wildman–Crippen LogP) is 2.76. The molecule has 1 N–H and O–H groups in total. The Morgan fingerprint density at radius 3 is 3.00 bits per heavy atom. The molecule has 0 radical (unpaired) electrons. The fourth-order valence-corrected chi connectivity index (χ4v) is 3.95. The van der Waals surface area contributed by atoms with E-state index in [1.165, 1.54) is 25.7 Å². The third-order valence-electron chi connectivity index (χ3n) is 4.84. The molecule has 3 nitrogen and oxygen atoms in total. The molecule has 2 aliphatic carbocycles. The van der Waals surface area contributed by atoms with E-state index < -0.39 is 0 Å². The second-order valence-corrected chi connectivity index (χ2v) is 5.79. The van der Waals surface area contributed by atoms with Crippen LogP contribution in [-0.4, -0.2) is 14.7 Å². The maximum atomic E-state index is 10.3. The van der Waals surface area contributed by atoms with Crippen molar-refractivity contribution in [2.75, 3.05) is 0 Å². The molecule has 0 aliphatic heterocycles. The van der Waals surface area contributed by atoms with Gasteiger partial charge in [0.25, 0.3) is 0 Å². The van der Waals surface area contributed by atoms with Crippen LogP contribution >= 0.6 is 0 Å². The summed E-state index contributed by atoms with van der Waals surface area (Å²) in [7, 11) is 0. The van der Waals surface area contributed by atoms with Crippen LogP contribution in [0.4, 0.5) is 0 Å². The van der Waals surface area contributed by atoms with Gasteiger partial charge in [-0.25, -0.2) is 4.98 Å². The van der Waals surface area contributed by atoms with Crippen molar-refractivity contribution in [2.24, 2.45) is 17.8 Å². The van der Waals surface area contributed by atoms with Gasteiger partial charge in [-0.05, 0) is 50.4 Å². The lowest BCUT2D eigenvalue weighted by Gasteiger charge is -2.24. The molecule has 1 aromatic heterocycles. The number of aliphatic hydroxyl groups excluding tert-OH is 1. The van der Waals surface area contributed by atoms with Gasteiger partial charge >= 0.3 is 0 Å². The van der Waals surface area contributed by atoms with Crippen LogP contribution in [0.15, 0.2) is 12.5 Å². The smallest absolute Gasteiger partial charge is 0.0958 e. The topological polar surface area (TPSA) is 38.0 Å². The molecule has 3 rings (SSSR count). The highest BCUT2D eigenvalue weighted by Gasteiger charge is 2.40. The van der Waals surface area contributed by atoms with Crippen molar-refractivity contribution < 1.29 is 5.11 Å². The molecule has 1 heterocycles. The zero-order valence-electron chi connectivity index (χ0n) is 10.5. The summed E-state index contributed by atoms with van der Waals surface area (Å²) < 4.78 is 2.05. The fraction of sp³-hybridized carbons (Fsp3) is 0.786. The van der Waals surface area contributed by atoms with Crippen molar-refractivity contribution in [1.29, 1.82) is 0 Å². The molecule has 4 atom stereocenters. The first-order valence-electron chi connectivity index (χ1n) is 6.96. The van der Waals surface area contributed by atoms with Gasteiger partial charge in [0.05, 0.1) is 24.3 Å². The molecular formula is C14H22N2O. The Hall–Kier alpha value is -0.830. The van der Waals surface area contributed by atoms with E-state index in [4.69, 9.17) is 0 Å². The molecule has 94 valence electrons. The van der Waals surface area contributed by atoms with E-state index in [1.54, 1.807) is 0 Å². The van der Waals surface area contributed by atoms with E-state index >= 15 is 0 Å². The maximum Gasteiger partial charge on any atom is 0.0958 e. The third-order valence-corrected chi connectivity index (χ3v) is 4.84. The highest BCUT2D eigenvalue weighted by atomic mass is 16.3. The van der Waals surface area contributed by atoms with Crippen molar-refractivity contribution in [2.45, 2.75) is 51.7 Å². The zero-order chi connectivity index (χ0) is 11.8. The Morgan fingerprint density at radius 1 is 1.47 bits per heavy atom. The van der Waals surface area contributed by atoms with Crippen LogP contribution in [0.25, 0.3) is 0 Å². The summed E-state index contributed by atoms with van der Waals surface area (Å²) in [4.78, 5) is 4.14. The Balaban J connectivity index is 1.65. The standard InChI is InChI=1S/C14H22N2O/c1-2-16-9-15-8-13(16)14(17)7-12-6-10-3-4-11(12)5-10/h8-12,14,17H,2-7H2,1H3. The molecule has 0 spiro atoms. The summed E-state index contributed by atoms with van der Waals surface area (Å²) in [6.45, 7) is 2.98. The SMILES string of the molecule is CCn1cncc1C(O)CC1CC2CCC1C2. The van der Waals surface area contributed by atoms with Gasteiger partial charge in [-0.2, -0.15) is 0 Å². The number of hydrogen-bond donors (Lipinski definition) is 1. The number of aliphatic hydroxyl groups is 1. The molecule has 1 aromatic rings. The molecule has 0 amide bonds. The van der Waals surface area contributed by atoms with Gasteiger partial charge < -0.3 is 9.67 Å².